The SMILES string of the molecule is Cc1cc(NCCCOCCOc2ccccc2)nc(NCCO)c1N=Nc1ccc([N+](=O)[O-])cc1C#N. The number of aryl methyl sites for hydroxylation is 1. The zero-order chi connectivity index (χ0) is 27.2. The van der Waals surface area contributed by atoms with Gasteiger partial charge in [-0.1, -0.05) is 18.2 Å². The summed E-state index contributed by atoms with van der Waals surface area (Å²) in [5, 5.41) is 44.2. The highest BCUT2D eigenvalue weighted by Gasteiger charge is 2.13. The predicted octanol–water partition coefficient (Wildman–Crippen LogP) is 4.89. The number of hydrogen-bond acceptors (Lipinski definition) is 11. The number of rotatable bonds is 15. The van der Waals surface area contributed by atoms with E-state index in [2.05, 4.69) is 25.8 Å². The Labute approximate surface area is 220 Å². The molecule has 3 rings (SSSR count). The van der Waals surface area contributed by atoms with Crippen LogP contribution in [0.15, 0.2) is 64.8 Å². The Morgan fingerprint density at radius 1 is 1.08 bits per heavy atom. The maximum atomic E-state index is 11.0. The summed E-state index contributed by atoms with van der Waals surface area (Å²) in [7, 11) is 0. The standard InChI is InChI=1S/C26H29N7O5/c1-19-16-24(28-10-5-13-37-14-15-38-22-6-3-2-4-7-22)30-26(29-11-12-34)25(19)32-31-23-9-8-21(33(35)36)17-20(23)18-27/h2-4,6-9,16-17,34H,5,10-15H2,1H3,(H2,28,29,30). The number of azo groups is 1. The molecule has 0 radical (unpaired) electrons. The Balaban J connectivity index is 1.57. The number of aliphatic hydroxyl groups excluding tert-OH is 1. The molecule has 12 heteroatoms. The molecule has 2 aromatic carbocycles. The Morgan fingerprint density at radius 3 is 2.63 bits per heavy atom. The van der Waals surface area contributed by atoms with Crippen molar-refractivity contribution in [3.63, 3.8) is 0 Å². The number of benzene rings is 2. The highest BCUT2D eigenvalue weighted by atomic mass is 16.6. The molecule has 0 amide bonds. The molecule has 12 nitrogen and oxygen atoms in total. The lowest BCUT2D eigenvalue weighted by molar-refractivity contribution is -0.384. The van der Waals surface area contributed by atoms with Crippen molar-refractivity contribution in [2.75, 3.05) is 50.2 Å². The van der Waals surface area contributed by atoms with Crippen molar-refractivity contribution in [3.05, 3.63) is 75.8 Å². The largest absolute Gasteiger partial charge is 0.491 e. The van der Waals surface area contributed by atoms with Crippen LogP contribution in [-0.4, -0.2) is 54.5 Å². The number of aliphatic hydroxyl groups is 1. The molecule has 38 heavy (non-hydrogen) atoms. The second-order valence-electron chi connectivity index (χ2n) is 8.00. The number of nitro benzene ring substituents is 1. The van der Waals surface area contributed by atoms with E-state index in [1.165, 1.54) is 12.1 Å². The minimum atomic E-state index is -0.578. The number of ether oxygens (including phenoxy) is 2. The minimum Gasteiger partial charge on any atom is -0.491 e. The Hall–Kier alpha value is -4.60. The van der Waals surface area contributed by atoms with Crippen molar-refractivity contribution in [1.82, 2.24) is 4.98 Å². The number of anilines is 2. The van der Waals surface area contributed by atoms with Crippen molar-refractivity contribution in [1.29, 1.82) is 5.26 Å². The van der Waals surface area contributed by atoms with Crippen LogP contribution in [0.1, 0.15) is 17.5 Å². The van der Waals surface area contributed by atoms with Gasteiger partial charge in [-0.3, -0.25) is 10.1 Å². The monoisotopic (exact) mass is 519 g/mol. The van der Waals surface area contributed by atoms with Crippen LogP contribution in [0.4, 0.5) is 28.7 Å². The number of nitriles is 1. The van der Waals surface area contributed by atoms with Crippen LogP contribution in [0.25, 0.3) is 0 Å². The average Bonchev–Trinajstić information content (AvgIpc) is 2.93. The highest BCUT2D eigenvalue weighted by Crippen LogP contribution is 2.32. The second kappa shape index (κ2) is 14.8. The summed E-state index contributed by atoms with van der Waals surface area (Å²) in [5.41, 5.74) is 1.20. The Kier molecular flexibility index (Phi) is 10.9. The lowest BCUT2D eigenvalue weighted by Crippen LogP contribution is -2.12. The summed E-state index contributed by atoms with van der Waals surface area (Å²) < 4.78 is 11.2. The van der Waals surface area contributed by atoms with Crippen LogP contribution >= 0.6 is 0 Å². The fourth-order valence-corrected chi connectivity index (χ4v) is 3.33. The van der Waals surface area contributed by atoms with Crippen LogP contribution in [-0.2, 0) is 4.74 Å². The van der Waals surface area contributed by atoms with Crippen molar-refractivity contribution in [2.45, 2.75) is 13.3 Å². The van der Waals surface area contributed by atoms with Gasteiger partial charge in [0, 0.05) is 31.8 Å². The van der Waals surface area contributed by atoms with Gasteiger partial charge in [-0.05, 0) is 43.2 Å². The summed E-state index contributed by atoms with van der Waals surface area (Å²) >= 11 is 0. The van der Waals surface area contributed by atoms with Crippen LogP contribution in [0.5, 0.6) is 5.75 Å². The fourth-order valence-electron chi connectivity index (χ4n) is 3.33. The number of nitrogens with one attached hydrogen (secondary N) is 2. The lowest BCUT2D eigenvalue weighted by Gasteiger charge is -2.13. The summed E-state index contributed by atoms with van der Waals surface area (Å²) in [5.74, 6) is 1.83. The fraction of sp³-hybridized carbons (Fsp3) is 0.308. The second-order valence-corrected chi connectivity index (χ2v) is 8.00. The molecule has 0 fully saturated rings. The van der Waals surface area contributed by atoms with E-state index in [-0.39, 0.29) is 30.1 Å². The average molecular weight is 520 g/mol. The predicted molar refractivity (Wildman–Crippen MR) is 142 cm³/mol. The molecule has 3 N–H and O–H groups in total. The van der Waals surface area contributed by atoms with E-state index in [1.807, 2.05) is 49.4 Å². The maximum absolute atomic E-state index is 11.0. The van der Waals surface area contributed by atoms with E-state index in [4.69, 9.17) is 9.47 Å². The van der Waals surface area contributed by atoms with E-state index in [0.29, 0.717) is 43.7 Å². The van der Waals surface area contributed by atoms with Gasteiger partial charge in [0.25, 0.3) is 5.69 Å². The molecule has 0 aliphatic heterocycles. The number of hydrogen-bond donors (Lipinski definition) is 3. The normalized spacial score (nSPS) is 10.8. The van der Waals surface area contributed by atoms with Gasteiger partial charge in [0.2, 0.25) is 0 Å². The first-order valence-corrected chi connectivity index (χ1v) is 12.0. The van der Waals surface area contributed by atoms with Gasteiger partial charge in [-0.2, -0.15) is 5.26 Å². The number of nitrogens with zero attached hydrogens (tertiary/aromatic N) is 5. The number of non-ortho nitro benzene ring substituents is 1. The zero-order valence-corrected chi connectivity index (χ0v) is 21.0. The van der Waals surface area contributed by atoms with E-state index in [9.17, 15) is 20.5 Å². The molecule has 0 aliphatic rings. The van der Waals surface area contributed by atoms with Gasteiger partial charge in [-0.25, -0.2) is 4.98 Å². The van der Waals surface area contributed by atoms with Gasteiger partial charge in [0.15, 0.2) is 5.82 Å². The van der Waals surface area contributed by atoms with Crippen LogP contribution in [0.2, 0.25) is 0 Å². The first kappa shape index (κ1) is 28.0. The Bertz CT molecular complexity index is 1280. The topological polar surface area (TPSA) is 167 Å². The Morgan fingerprint density at radius 2 is 1.89 bits per heavy atom. The third kappa shape index (κ3) is 8.51. The molecule has 0 aliphatic carbocycles. The quantitative estimate of drug-likeness (QED) is 0.110. The summed E-state index contributed by atoms with van der Waals surface area (Å²) in [6, 6.07) is 17.1. The smallest absolute Gasteiger partial charge is 0.270 e. The van der Waals surface area contributed by atoms with Crippen LogP contribution in [0, 0.1) is 28.4 Å². The van der Waals surface area contributed by atoms with Crippen molar-refractivity contribution in [3.8, 4) is 11.8 Å². The third-order valence-corrected chi connectivity index (χ3v) is 5.17. The summed E-state index contributed by atoms with van der Waals surface area (Å²) in [6.45, 7) is 4.12. The highest BCUT2D eigenvalue weighted by molar-refractivity contribution is 5.68. The first-order chi connectivity index (χ1) is 18.5. The van der Waals surface area contributed by atoms with E-state index >= 15 is 0 Å². The lowest BCUT2D eigenvalue weighted by atomic mass is 10.2. The number of para-hydroxylation sites is 1. The first-order valence-electron chi connectivity index (χ1n) is 12.0. The summed E-state index contributed by atoms with van der Waals surface area (Å²) in [4.78, 5) is 14.9. The van der Waals surface area contributed by atoms with Crippen molar-refractivity contribution < 1.29 is 19.5 Å². The van der Waals surface area contributed by atoms with Gasteiger partial charge < -0.3 is 25.2 Å². The van der Waals surface area contributed by atoms with Gasteiger partial charge in [-0.15, -0.1) is 10.2 Å². The molecule has 0 atom stereocenters. The molecule has 0 unspecified atom stereocenters. The van der Waals surface area contributed by atoms with E-state index < -0.39 is 4.92 Å². The molecular weight excluding hydrogens is 490 g/mol. The molecule has 0 spiro atoms. The summed E-state index contributed by atoms with van der Waals surface area (Å²) in [6.07, 6.45) is 0.754. The van der Waals surface area contributed by atoms with E-state index in [0.717, 1.165) is 23.8 Å². The molecule has 0 bridgehead atoms. The molecule has 3 aromatic rings. The van der Waals surface area contributed by atoms with Gasteiger partial charge in [0.1, 0.15) is 35.6 Å². The molecule has 1 aromatic heterocycles. The molecule has 0 saturated carbocycles. The molecular formula is C26H29N7O5. The van der Waals surface area contributed by atoms with Crippen LogP contribution < -0.4 is 15.4 Å². The number of nitro groups is 1. The third-order valence-electron chi connectivity index (χ3n) is 5.17. The van der Waals surface area contributed by atoms with E-state index in [1.54, 1.807) is 0 Å². The van der Waals surface area contributed by atoms with Crippen molar-refractivity contribution in [2.24, 2.45) is 10.2 Å². The molecule has 0 saturated heterocycles. The number of aromatic nitrogens is 1. The maximum Gasteiger partial charge on any atom is 0.270 e. The number of pyridine rings is 1. The van der Waals surface area contributed by atoms with Gasteiger partial charge in [0.05, 0.1) is 23.7 Å². The zero-order valence-electron chi connectivity index (χ0n) is 21.0. The minimum absolute atomic E-state index is 0.0329. The molecule has 1 heterocycles. The molecule has 198 valence electrons. The van der Waals surface area contributed by atoms with Crippen molar-refractivity contribution >= 4 is 28.7 Å². The van der Waals surface area contributed by atoms with Gasteiger partial charge >= 0.3 is 0 Å². The van der Waals surface area contributed by atoms with Crippen LogP contribution in [0.3, 0.4) is 0 Å².